The van der Waals surface area contributed by atoms with Crippen LogP contribution in [0.5, 0.6) is 0 Å². The highest BCUT2D eigenvalue weighted by molar-refractivity contribution is 8.02. The van der Waals surface area contributed by atoms with Gasteiger partial charge in [-0.15, -0.1) is 11.8 Å². The quantitative estimate of drug-likeness (QED) is 0.418. The van der Waals surface area contributed by atoms with Crippen LogP contribution in [0.15, 0.2) is 47.1 Å². The van der Waals surface area contributed by atoms with Crippen molar-refractivity contribution in [2.24, 2.45) is 5.92 Å². The number of ether oxygens (including phenoxy) is 1. The van der Waals surface area contributed by atoms with Crippen molar-refractivity contribution >= 4 is 29.6 Å². The van der Waals surface area contributed by atoms with Crippen molar-refractivity contribution in [2.75, 3.05) is 5.75 Å². The molecule has 2 rings (SSSR count). The first-order valence-corrected chi connectivity index (χ1v) is 12.9. The third-order valence-corrected chi connectivity index (χ3v) is 7.55. The molecule has 0 aliphatic carbocycles. The van der Waals surface area contributed by atoms with Gasteiger partial charge < -0.3 is 9.84 Å². The second-order valence-electron chi connectivity index (χ2n) is 9.74. The minimum atomic E-state index is -0.830. The van der Waals surface area contributed by atoms with Crippen molar-refractivity contribution < 1.29 is 19.4 Å². The van der Waals surface area contributed by atoms with E-state index in [4.69, 9.17) is 4.74 Å². The van der Waals surface area contributed by atoms with E-state index in [9.17, 15) is 14.7 Å². The van der Waals surface area contributed by atoms with Gasteiger partial charge in [0.1, 0.15) is 6.10 Å². The normalized spacial score (nSPS) is 28.9. The molecule has 34 heavy (non-hydrogen) atoms. The Morgan fingerprint density at radius 1 is 1.21 bits per heavy atom. The van der Waals surface area contributed by atoms with Gasteiger partial charge in [-0.25, -0.2) is 0 Å². The lowest BCUT2D eigenvalue weighted by Gasteiger charge is -2.29. The molecule has 0 amide bonds. The first-order chi connectivity index (χ1) is 15.9. The van der Waals surface area contributed by atoms with Crippen LogP contribution < -0.4 is 0 Å². The van der Waals surface area contributed by atoms with E-state index in [1.807, 2.05) is 51.1 Å². The fraction of sp³-hybridized carbons (Fsp3) is 0.536. The van der Waals surface area contributed by atoms with Gasteiger partial charge in [-0.1, -0.05) is 30.7 Å². The highest BCUT2D eigenvalue weighted by Crippen LogP contribution is 2.31. The van der Waals surface area contributed by atoms with Crippen molar-refractivity contribution in [3.05, 3.63) is 58.5 Å². The Kier molecular flexibility index (Phi) is 10.3. The number of hydrogen-bond acceptors (Lipinski definition) is 6. The molecule has 1 aromatic rings. The lowest BCUT2D eigenvalue weighted by Crippen LogP contribution is -2.39. The topological polar surface area (TPSA) is 76.5 Å². The van der Waals surface area contributed by atoms with E-state index >= 15 is 0 Å². The van der Waals surface area contributed by atoms with Crippen LogP contribution in [0.1, 0.15) is 72.2 Å². The summed E-state index contributed by atoms with van der Waals surface area (Å²) in [4.78, 5) is 30.4. The molecule has 186 valence electrons. The number of thioether (sulfide) groups is 1. The number of esters is 1. The Morgan fingerprint density at radius 3 is 2.59 bits per heavy atom. The molecule has 1 N–H and O–H groups in total. The number of cyclic esters (lactones) is 1. The average molecular weight is 486 g/mol. The Hall–Kier alpha value is -2.18. The highest BCUT2D eigenvalue weighted by Gasteiger charge is 2.36. The second kappa shape index (κ2) is 12.5. The SMILES string of the molecule is C/C1=C/CC(/C(C)=C\c2cccc(C)n2)OC(=O)CSC(C)(C)C(=O)[C@H](C)[C@@H](O)/C(C)=C/CC1. The van der Waals surface area contributed by atoms with Gasteiger partial charge in [-0.2, -0.15) is 0 Å². The van der Waals surface area contributed by atoms with Crippen molar-refractivity contribution in [3.63, 3.8) is 0 Å². The Balaban J connectivity index is 2.33. The van der Waals surface area contributed by atoms with Crippen molar-refractivity contribution in [1.82, 2.24) is 4.98 Å². The Bertz CT molecular complexity index is 976. The van der Waals surface area contributed by atoms with Crippen LogP contribution in [0.2, 0.25) is 0 Å². The number of aliphatic hydroxyl groups is 1. The molecule has 1 aliphatic rings. The molecule has 0 fully saturated rings. The molecule has 6 heteroatoms. The maximum atomic E-state index is 13.1. The first-order valence-electron chi connectivity index (χ1n) is 11.9. The number of hydrogen-bond donors (Lipinski definition) is 1. The third-order valence-electron chi connectivity index (χ3n) is 6.25. The van der Waals surface area contributed by atoms with E-state index in [0.717, 1.165) is 35.4 Å². The van der Waals surface area contributed by atoms with E-state index in [-0.39, 0.29) is 17.5 Å². The minimum absolute atomic E-state index is 0.0611. The lowest BCUT2D eigenvalue weighted by molar-refractivity contribution is -0.143. The molecule has 1 aromatic heterocycles. The molecule has 3 atom stereocenters. The van der Waals surface area contributed by atoms with Crippen molar-refractivity contribution in [1.29, 1.82) is 0 Å². The maximum absolute atomic E-state index is 13.1. The number of pyridine rings is 1. The smallest absolute Gasteiger partial charge is 0.316 e. The number of ketones is 1. The molecule has 0 aromatic carbocycles. The predicted octanol–water partition coefficient (Wildman–Crippen LogP) is 5.86. The molecular formula is C28H39NO4S. The standard InChI is InChI=1S/C28H39NO4S/c1-18-10-8-11-19(2)26(31)22(5)27(32)28(6,7)34-17-25(30)33-24(15-14-18)20(3)16-23-13-9-12-21(4)29-23/h9,11-14,16,22,24,26,31H,8,10,15,17H2,1-7H3/b18-14-,19-11+,20-16-/t22-,24?,26+/m1/s1. The zero-order valence-electron chi connectivity index (χ0n) is 21.6. The predicted molar refractivity (Wildman–Crippen MR) is 141 cm³/mol. The van der Waals surface area contributed by atoms with Gasteiger partial charge in [-0.3, -0.25) is 14.6 Å². The number of rotatable bonds is 2. The molecule has 1 aliphatic heterocycles. The summed E-state index contributed by atoms with van der Waals surface area (Å²) in [6.07, 6.45) is 7.03. The molecule has 0 saturated carbocycles. The molecule has 0 radical (unpaired) electrons. The maximum Gasteiger partial charge on any atom is 0.316 e. The van der Waals surface area contributed by atoms with Crippen LogP contribution in [0.25, 0.3) is 6.08 Å². The summed E-state index contributed by atoms with van der Waals surface area (Å²) in [7, 11) is 0. The fourth-order valence-electron chi connectivity index (χ4n) is 3.95. The number of aryl methyl sites for hydroxylation is 1. The molecule has 5 nitrogen and oxygen atoms in total. The average Bonchev–Trinajstić information content (AvgIpc) is 2.78. The number of allylic oxidation sites excluding steroid dienone is 2. The molecule has 0 bridgehead atoms. The molecule has 0 spiro atoms. The minimum Gasteiger partial charge on any atom is -0.457 e. The highest BCUT2D eigenvalue weighted by atomic mass is 32.2. The van der Waals surface area contributed by atoms with E-state index in [1.54, 1.807) is 20.8 Å². The van der Waals surface area contributed by atoms with Gasteiger partial charge in [0.15, 0.2) is 5.78 Å². The summed E-state index contributed by atoms with van der Waals surface area (Å²) >= 11 is 1.26. The lowest BCUT2D eigenvalue weighted by atomic mass is 9.88. The van der Waals surface area contributed by atoms with Crippen molar-refractivity contribution in [3.8, 4) is 0 Å². The zero-order valence-corrected chi connectivity index (χ0v) is 22.4. The number of carbonyl (C=O) groups excluding carboxylic acids is 2. The van der Waals surface area contributed by atoms with E-state index in [0.29, 0.717) is 6.42 Å². The summed E-state index contributed by atoms with van der Waals surface area (Å²) < 4.78 is 5.06. The number of carbonyl (C=O) groups is 2. The number of aromatic nitrogens is 1. The monoisotopic (exact) mass is 485 g/mol. The second-order valence-corrected chi connectivity index (χ2v) is 11.3. The number of nitrogens with zero attached hydrogens (tertiary/aromatic N) is 1. The Labute approximate surface area is 208 Å². The van der Waals surface area contributed by atoms with Gasteiger partial charge >= 0.3 is 5.97 Å². The van der Waals surface area contributed by atoms with E-state index in [1.165, 1.54) is 17.3 Å². The number of Topliss-reactive ketones (excluding diaryl/α,β-unsaturated/α-hetero) is 1. The zero-order chi connectivity index (χ0) is 25.5. The molecule has 1 unspecified atom stereocenters. The first kappa shape index (κ1) is 28.1. The summed E-state index contributed by atoms with van der Waals surface area (Å²) in [5.74, 6) is -0.930. The van der Waals surface area contributed by atoms with Gasteiger partial charge in [0.05, 0.1) is 22.3 Å². The van der Waals surface area contributed by atoms with Gasteiger partial charge in [0, 0.05) is 18.0 Å². The summed E-state index contributed by atoms with van der Waals surface area (Å²) in [5.41, 5.74) is 4.68. The van der Waals surface area contributed by atoms with E-state index in [2.05, 4.69) is 18.0 Å². The van der Waals surface area contributed by atoms with Crippen LogP contribution in [0, 0.1) is 12.8 Å². The largest absolute Gasteiger partial charge is 0.457 e. The van der Waals surface area contributed by atoms with E-state index < -0.39 is 22.9 Å². The molecule has 0 saturated heterocycles. The summed E-state index contributed by atoms with van der Waals surface area (Å²) in [6.45, 7) is 13.2. The number of aliphatic hydroxyl groups excluding tert-OH is 1. The summed E-state index contributed by atoms with van der Waals surface area (Å²) in [5, 5.41) is 10.7. The van der Waals surface area contributed by atoms with Gasteiger partial charge in [0.25, 0.3) is 0 Å². The van der Waals surface area contributed by atoms with Gasteiger partial charge in [-0.05, 0) is 83.7 Å². The summed E-state index contributed by atoms with van der Waals surface area (Å²) in [6, 6.07) is 5.84. The van der Waals surface area contributed by atoms with Crippen LogP contribution in [-0.2, 0) is 14.3 Å². The van der Waals surface area contributed by atoms with Crippen LogP contribution in [0.3, 0.4) is 0 Å². The Morgan fingerprint density at radius 2 is 1.91 bits per heavy atom. The van der Waals surface area contributed by atoms with Crippen LogP contribution in [0.4, 0.5) is 0 Å². The van der Waals surface area contributed by atoms with Crippen LogP contribution >= 0.6 is 11.8 Å². The van der Waals surface area contributed by atoms with Crippen molar-refractivity contribution in [2.45, 2.75) is 84.7 Å². The van der Waals surface area contributed by atoms with Crippen LogP contribution in [-0.4, -0.2) is 44.6 Å². The molecule has 2 heterocycles. The van der Waals surface area contributed by atoms with Gasteiger partial charge in [0.2, 0.25) is 0 Å². The molecular weight excluding hydrogens is 446 g/mol. The fourth-order valence-corrected chi connectivity index (χ4v) is 4.82. The third kappa shape index (κ3) is 8.24.